The fourth-order valence-electron chi connectivity index (χ4n) is 2.76. The van der Waals surface area contributed by atoms with E-state index >= 15 is 0 Å². The van der Waals surface area contributed by atoms with Crippen LogP contribution in [0.4, 0.5) is 0 Å². The molecule has 1 heterocycles. The summed E-state index contributed by atoms with van der Waals surface area (Å²) in [5, 5.41) is 18.9. The van der Waals surface area contributed by atoms with Crippen LogP contribution in [-0.4, -0.2) is 35.3 Å². The van der Waals surface area contributed by atoms with Crippen LogP contribution in [0.3, 0.4) is 0 Å². The number of piperidine rings is 1. The van der Waals surface area contributed by atoms with E-state index < -0.39 is 0 Å². The molecule has 17 heavy (non-hydrogen) atoms. The van der Waals surface area contributed by atoms with Crippen molar-refractivity contribution in [3.8, 4) is 11.5 Å². The van der Waals surface area contributed by atoms with Crippen LogP contribution >= 0.6 is 0 Å². The van der Waals surface area contributed by atoms with Crippen molar-refractivity contribution in [2.24, 2.45) is 11.7 Å². The SMILES string of the molecule is CN1CCC[C@H](CN)[C@H]1c1ccc(O)c(O)c1. The highest BCUT2D eigenvalue weighted by atomic mass is 16.3. The van der Waals surface area contributed by atoms with Gasteiger partial charge in [0.1, 0.15) is 0 Å². The minimum atomic E-state index is -0.0727. The number of hydrogen-bond acceptors (Lipinski definition) is 4. The van der Waals surface area contributed by atoms with Crippen LogP contribution in [0.25, 0.3) is 0 Å². The van der Waals surface area contributed by atoms with Gasteiger partial charge in [-0.1, -0.05) is 6.07 Å². The van der Waals surface area contributed by atoms with Crippen molar-refractivity contribution in [3.63, 3.8) is 0 Å². The molecule has 1 aromatic rings. The predicted molar refractivity (Wildman–Crippen MR) is 66.9 cm³/mol. The molecular weight excluding hydrogens is 216 g/mol. The number of phenolic OH excluding ortho intramolecular Hbond substituents is 2. The molecule has 0 spiro atoms. The van der Waals surface area contributed by atoms with Gasteiger partial charge in [0.05, 0.1) is 0 Å². The quantitative estimate of drug-likeness (QED) is 0.680. The van der Waals surface area contributed by atoms with Crippen molar-refractivity contribution in [1.82, 2.24) is 4.90 Å². The molecule has 0 saturated carbocycles. The highest BCUT2D eigenvalue weighted by molar-refractivity contribution is 5.41. The first kappa shape index (κ1) is 12.2. The van der Waals surface area contributed by atoms with Crippen molar-refractivity contribution >= 4 is 0 Å². The minimum absolute atomic E-state index is 0.0581. The van der Waals surface area contributed by atoms with Crippen LogP contribution in [0.5, 0.6) is 11.5 Å². The van der Waals surface area contributed by atoms with Crippen LogP contribution in [0.15, 0.2) is 18.2 Å². The van der Waals surface area contributed by atoms with Crippen molar-refractivity contribution in [2.45, 2.75) is 18.9 Å². The molecule has 0 radical (unpaired) electrons. The molecule has 2 atom stereocenters. The number of nitrogens with two attached hydrogens (primary N) is 1. The molecule has 1 aliphatic heterocycles. The van der Waals surface area contributed by atoms with Gasteiger partial charge in [0.25, 0.3) is 0 Å². The summed E-state index contributed by atoms with van der Waals surface area (Å²) < 4.78 is 0. The van der Waals surface area contributed by atoms with Gasteiger partial charge in [0, 0.05) is 6.04 Å². The van der Waals surface area contributed by atoms with Gasteiger partial charge < -0.3 is 15.9 Å². The second-order valence-electron chi connectivity index (χ2n) is 4.81. The number of likely N-dealkylation sites (tertiary alicyclic amines) is 1. The summed E-state index contributed by atoms with van der Waals surface area (Å²) in [4.78, 5) is 2.27. The fourth-order valence-corrected chi connectivity index (χ4v) is 2.76. The monoisotopic (exact) mass is 236 g/mol. The largest absolute Gasteiger partial charge is 0.504 e. The summed E-state index contributed by atoms with van der Waals surface area (Å²) in [5.74, 6) is 0.284. The molecule has 1 aliphatic rings. The molecule has 94 valence electrons. The maximum atomic E-state index is 9.58. The Hall–Kier alpha value is -1.26. The number of aromatic hydroxyl groups is 2. The highest BCUT2D eigenvalue weighted by Gasteiger charge is 2.29. The summed E-state index contributed by atoms with van der Waals surface area (Å²) in [5.41, 5.74) is 6.85. The topological polar surface area (TPSA) is 69.7 Å². The first-order valence-electron chi connectivity index (χ1n) is 6.05. The van der Waals surface area contributed by atoms with Crippen molar-refractivity contribution < 1.29 is 10.2 Å². The van der Waals surface area contributed by atoms with Gasteiger partial charge in [-0.25, -0.2) is 0 Å². The molecule has 0 bridgehead atoms. The maximum absolute atomic E-state index is 9.58. The van der Waals surface area contributed by atoms with Crippen LogP contribution in [0.1, 0.15) is 24.4 Å². The van der Waals surface area contributed by atoms with Gasteiger partial charge in [0.2, 0.25) is 0 Å². The van der Waals surface area contributed by atoms with E-state index in [0.29, 0.717) is 12.5 Å². The fraction of sp³-hybridized carbons (Fsp3) is 0.538. The molecule has 2 rings (SSSR count). The van der Waals surface area contributed by atoms with Crippen molar-refractivity contribution in [2.75, 3.05) is 20.1 Å². The zero-order valence-corrected chi connectivity index (χ0v) is 10.1. The third kappa shape index (κ3) is 2.37. The Morgan fingerprint density at radius 3 is 2.76 bits per heavy atom. The van der Waals surface area contributed by atoms with Crippen molar-refractivity contribution in [3.05, 3.63) is 23.8 Å². The summed E-state index contributed by atoms with van der Waals surface area (Å²) in [7, 11) is 2.08. The van der Waals surface area contributed by atoms with Crippen LogP contribution in [0.2, 0.25) is 0 Å². The molecule has 1 saturated heterocycles. The second-order valence-corrected chi connectivity index (χ2v) is 4.81. The lowest BCUT2D eigenvalue weighted by Gasteiger charge is -2.39. The maximum Gasteiger partial charge on any atom is 0.157 e. The van der Waals surface area contributed by atoms with Gasteiger partial charge in [-0.3, -0.25) is 4.90 Å². The lowest BCUT2D eigenvalue weighted by Crippen LogP contribution is -2.39. The summed E-state index contributed by atoms with van der Waals surface area (Å²) in [6.45, 7) is 1.69. The van der Waals surface area contributed by atoms with E-state index in [0.717, 1.165) is 18.5 Å². The van der Waals surface area contributed by atoms with Crippen LogP contribution in [-0.2, 0) is 0 Å². The standard InChI is InChI=1S/C13H20N2O2/c1-15-6-2-3-10(8-14)13(15)9-4-5-11(16)12(17)7-9/h4-5,7,10,13,16-17H,2-3,6,8,14H2,1H3/t10-,13-/m1/s1. The molecular formula is C13H20N2O2. The number of benzene rings is 1. The third-order valence-electron chi connectivity index (χ3n) is 3.65. The van der Waals surface area contributed by atoms with Gasteiger partial charge in [-0.2, -0.15) is 0 Å². The van der Waals surface area contributed by atoms with Crippen LogP contribution < -0.4 is 5.73 Å². The van der Waals surface area contributed by atoms with E-state index in [-0.39, 0.29) is 17.5 Å². The average molecular weight is 236 g/mol. The Morgan fingerprint density at radius 1 is 1.35 bits per heavy atom. The molecule has 1 fully saturated rings. The van der Waals surface area contributed by atoms with E-state index in [1.54, 1.807) is 12.1 Å². The molecule has 4 heteroatoms. The Morgan fingerprint density at radius 2 is 2.12 bits per heavy atom. The molecule has 0 aliphatic carbocycles. The second kappa shape index (κ2) is 4.94. The lowest BCUT2D eigenvalue weighted by atomic mass is 9.85. The number of phenols is 2. The average Bonchev–Trinajstić information content (AvgIpc) is 2.32. The smallest absolute Gasteiger partial charge is 0.157 e. The molecule has 0 unspecified atom stereocenters. The summed E-state index contributed by atoms with van der Waals surface area (Å²) in [6, 6.07) is 5.29. The Balaban J connectivity index is 2.31. The Labute approximate surface area is 102 Å². The number of rotatable bonds is 2. The zero-order valence-electron chi connectivity index (χ0n) is 10.1. The molecule has 0 aromatic heterocycles. The molecule has 4 N–H and O–H groups in total. The molecule has 0 amide bonds. The molecule has 1 aromatic carbocycles. The first-order valence-corrected chi connectivity index (χ1v) is 6.05. The van der Waals surface area contributed by atoms with E-state index in [1.165, 1.54) is 6.42 Å². The summed E-state index contributed by atoms with van der Waals surface area (Å²) in [6.07, 6.45) is 2.28. The normalized spacial score (nSPS) is 26.0. The van der Waals surface area contributed by atoms with E-state index in [2.05, 4.69) is 11.9 Å². The highest BCUT2D eigenvalue weighted by Crippen LogP contribution is 2.37. The van der Waals surface area contributed by atoms with Crippen LogP contribution in [0, 0.1) is 5.92 Å². The number of nitrogens with zero attached hydrogens (tertiary/aromatic N) is 1. The van der Waals surface area contributed by atoms with Crippen molar-refractivity contribution in [1.29, 1.82) is 0 Å². The summed E-state index contributed by atoms with van der Waals surface area (Å²) >= 11 is 0. The van der Waals surface area contributed by atoms with E-state index in [4.69, 9.17) is 5.73 Å². The molecule has 4 nitrogen and oxygen atoms in total. The lowest BCUT2D eigenvalue weighted by molar-refractivity contribution is 0.125. The zero-order chi connectivity index (χ0) is 12.4. The van der Waals surface area contributed by atoms with Gasteiger partial charge >= 0.3 is 0 Å². The predicted octanol–water partition coefficient (Wildman–Crippen LogP) is 1.44. The Kier molecular flexibility index (Phi) is 3.54. The van der Waals surface area contributed by atoms with E-state index in [1.807, 2.05) is 6.07 Å². The van der Waals surface area contributed by atoms with Gasteiger partial charge in [-0.15, -0.1) is 0 Å². The third-order valence-corrected chi connectivity index (χ3v) is 3.65. The van der Waals surface area contributed by atoms with Gasteiger partial charge in [0.15, 0.2) is 11.5 Å². The Bertz CT molecular complexity index is 395. The first-order chi connectivity index (χ1) is 8.13. The minimum Gasteiger partial charge on any atom is -0.504 e. The number of hydrogen-bond donors (Lipinski definition) is 3. The van der Waals surface area contributed by atoms with E-state index in [9.17, 15) is 10.2 Å². The van der Waals surface area contributed by atoms with Gasteiger partial charge in [-0.05, 0) is 56.6 Å².